The molecule has 1 aliphatic heterocycles. The maximum Gasteiger partial charge on any atom is 0.284 e. The molecule has 0 aromatic heterocycles. The van der Waals surface area contributed by atoms with Gasteiger partial charge >= 0.3 is 0 Å². The first-order chi connectivity index (χ1) is 17.3. The summed E-state index contributed by atoms with van der Waals surface area (Å²) < 4.78 is 41.7. The standard InChI is InChI=1S/C26H23BrN2O5S2/c1-3-29-25(30)24(35-26(29)28-36(31,32)21-12-10-20(27)11-13-21)16-19-9-14-22(23(15-19)33-2)34-17-18-7-5-4-6-8-18/h4-16H,3,17H2,1-2H3/b24-16-,28-26+. The lowest BCUT2D eigenvalue weighted by atomic mass is 10.1. The molecule has 7 nitrogen and oxygen atoms in total. The number of thioether (sulfide) groups is 1. The molecule has 1 saturated heterocycles. The van der Waals surface area contributed by atoms with Crippen LogP contribution in [-0.2, 0) is 21.4 Å². The maximum absolute atomic E-state index is 13.0. The van der Waals surface area contributed by atoms with Gasteiger partial charge in [-0.2, -0.15) is 8.42 Å². The van der Waals surface area contributed by atoms with Crippen LogP contribution in [0.5, 0.6) is 11.5 Å². The van der Waals surface area contributed by atoms with Gasteiger partial charge in [-0.25, -0.2) is 0 Å². The lowest BCUT2D eigenvalue weighted by Gasteiger charge is -2.12. The van der Waals surface area contributed by atoms with E-state index in [1.807, 2.05) is 36.4 Å². The largest absolute Gasteiger partial charge is 0.493 e. The number of hydrogen-bond acceptors (Lipinski definition) is 6. The molecule has 10 heteroatoms. The average Bonchev–Trinajstić information content (AvgIpc) is 3.16. The van der Waals surface area contributed by atoms with Crippen molar-refractivity contribution in [3.8, 4) is 11.5 Å². The Kier molecular flexibility index (Phi) is 8.17. The van der Waals surface area contributed by atoms with Crippen molar-refractivity contribution in [1.29, 1.82) is 0 Å². The maximum atomic E-state index is 13.0. The number of hydrogen-bond donors (Lipinski definition) is 0. The minimum atomic E-state index is -3.98. The van der Waals surface area contributed by atoms with Crippen LogP contribution in [0.3, 0.4) is 0 Å². The molecule has 3 aromatic rings. The summed E-state index contributed by atoms with van der Waals surface area (Å²) in [6, 6.07) is 21.3. The summed E-state index contributed by atoms with van der Waals surface area (Å²) in [6.45, 7) is 2.45. The third kappa shape index (κ3) is 6.00. The number of halogens is 1. The summed E-state index contributed by atoms with van der Waals surface area (Å²) in [5.74, 6) is 0.789. The minimum absolute atomic E-state index is 0.0514. The van der Waals surface area contributed by atoms with Crippen LogP contribution in [-0.4, -0.2) is 38.0 Å². The molecule has 36 heavy (non-hydrogen) atoms. The van der Waals surface area contributed by atoms with E-state index in [2.05, 4.69) is 20.3 Å². The Bertz CT molecular complexity index is 1420. The molecule has 0 atom stereocenters. The van der Waals surface area contributed by atoms with Crippen molar-refractivity contribution in [1.82, 2.24) is 4.90 Å². The van der Waals surface area contributed by atoms with Crippen molar-refractivity contribution in [2.24, 2.45) is 4.40 Å². The van der Waals surface area contributed by atoms with Crippen LogP contribution < -0.4 is 9.47 Å². The molecule has 1 aliphatic rings. The van der Waals surface area contributed by atoms with Crippen LogP contribution in [0.2, 0.25) is 0 Å². The highest BCUT2D eigenvalue weighted by Crippen LogP contribution is 2.35. The molecular formula is C26H23BrN2O5S2. The molecule has 0 radical (unpaired) electrons. The lowest BCUT2D eigenvalue weighted by molar-refractivity contribution is -0.122. The van der Waals surface area contributed by atoms with E-state index in [0.717, 1.165) is 21.8 Å². The Balaban J connectivity index is 1.57. The first-order valence-corrected chi connectivity index (χ1v) is 14.0. The van der Waals surface area contributed by atoms with Crippen molar-refractivity contribution in [2.75, 3.05) is 13.7 Å². The SMILES string of the molecule is CCN1C(=O)/C(=C/c2ccc(OCc3ccccc3)c(OC)c2)S/C1=N/S(=O)(=O)c1ccc(Br)cc1. The monoisotopic (exact) mass is 586 g/mol. The number of sulfonamides is 1. The summed E-state index contributed by atoms with van der Waals surface area (Å²) in [5, 5.41) is 0.117. The van der Waals surface area contributed by atoms with Crippen LogP contribution in [0.4, 0.5) is 0 Å². The fraction of sp³-hybridized carbons (Fsp3) is 0.154. The Morgan fingerprint density at radius 1 is 1.03 bits per heavy atom. The van der Waals surface area contributed by atoms with E-state index in [9.17, 15) is 13.2 Å². The van der Waals surface area contributed by atoms with E-state index in [-0.39, 0.29) is 22.5 Å². The van der Waals surface area contributed by atoms with Gasteiger partial charge in [0.15, 0.2) is 16.7 Å². The van der Waals surface area contributed by atoms with Gasteiger partial charge in [0.05, 0.1) is 16.9 Å². The fourth-order valence-electron chi connectivity index (χ4n) is 3.40. The van der Waals surface area contributed by atoms with Gasteiger partial charge in [0.1, 0.15) is 6.61 Å². The molecule has 0 aliphatic carbocycles. The number of methoxy groups -OCH3 is 1. The molecule has 0 saturated carbocycles. The number of ether oxygens (including phenoxy) is 2. The number of likely N-dealkylation sites (N-methyl/N-ethyl adjacent to an activating group) is 1. The van der Waals surface area contributed by atoms with E-state index in [4.69, 9.17) is 9.47 Å². The molecule has 1 heterocycles. The Morgan fingerprint density at radius 2 is 1.75 bits per heavy atom. The number of nitrogens with zero attached hydrogens (tertiary/aromatic N) is 2. The zero-order valence-electron chi connectivity index (χ0n) is 19.5. The third-order valence-corrected chi connectivity index (χ3v) is 8.17. The van der Waals surface area contributed by atoms with Gasteiger partial charge in [0, 0.05) is 11.0 Å². The fourth-order valence-corrected chi connectivity index (χ4v) is 5.91. The van der Waals surface area contributed by atoms with Crippen LogP contribution >= 0.6 is 27.7 Å². The second-order valence-corrected chi connectivity index (χ2v) is 11.2. The Labute approximate surface area is 223 Å². The first kappa shape index (κ1) is 26.0. The predicted molar refractivity (Wildman–Crippen MR) is 145 cm³/mol. The number of benzene rings is 3. The highest BCUT2D eigenvalue weighted by molar-refractivity contribution is 9.10. The second-order valence-electron chi connectivity index (χ2n) is 7.65. The van der Waals surface area contributed by atoms with E-state index in [1.54, 1.807) is 44.4 Å². The van der Waals surface area contributed by atoms with Gasteiger partial charge in [-0.15, -0.1) is 4.40 Å². The predicted octanol–water partition coefficient (Wildman–Crippen LogP) is 5.72. The average molecular weight is 588 g/mol. The smallest absolute Gasteiger partial charge is 0.284 e. The molecule has 0 N–H and O–H groups in total. The topological polar surface area (TPSA) is 85.3 Å². The zero-order valence-corrected chi connectivity index (χ0v) is 22.8. The van der Waals surface area contributed by atoms with Gasteiger partial charge in [-0.3, -0.25) is 9.69 Å². The molecule has 186 valence electrons. The number of amides is 1. The van der Waals surface area contributed by atoms with Gasteiger partial charge < -0.3 is 9.47 Å². The van der Waals surface area contributed by atoms with E-state index < -0.39 is 10.0 Å². The van der Waals surface area contributed by atoms with Crippen molar-refractivity contribution >= 4 is 54.9 Å². The van der Waals surface area contributed by atoms with Gasteiger partial charge in [0.2, 0.25) is 0 Å². The van der Waals surface area contributed by atoms with Crippen LogP contribution in [0.25, 0.3) is 6.08 Å². The van der Waals surface area contributed by atoms with Gasteiger partial charge in [-0.1, -0.05) is 52.3 Å². The molecule has 0 unspecified atom stereocenters. The molecular weight excluding hydrogens is 564 g/mol. The molecule has 4 rings (SSSR count). The van der Waals surface area contributed by atoms with Crippen molar-refractivity contribution < 1.29 is 22.7 Å². The summed E-state index contributed by atoms with van der Waals surface area (Å²) in [7, 11) is -2.43. The molecule has 0 bridgehead atoms. The molecule has 3 aromatic carbocycles. The third-order valence-electron chi connectivity index (χ3n) is 5.24. The summed E-state index contributed by atoms with van der Waals surface area (Å²) in [4.78, 5) is 14.8. The summed E-state index contributed by atoms with van der Waals surface area (Å²) in [5.41, 5.74) is 1.74. The summed E-state index contributed by atoms with van der Waals surface area (Å²) >= 11 is 4.31. The number of carbonyl (C=O) groups excluding carboxylic acids is 1. The second kappa shape index (κ2) is 11.3. The van der Waals surface area contributed by atoms with E-state index in [0.29, 0.717) is 28.6 Å². The van der Waals surface area contributed by atoms with Crippen molar-refractivity contribution in [2.45, 2.75) is 18.4 Å². The first-order valence-electron chi connectivity index (χ1n) is 11.0. The highest BCUT2D eigenvalue weighted by atomic mass is 79.9. The molecule has 0 spiro atoms. The summed E-state index contributed by atoms with van der Waals surface area (Å²) in [6.07, 6.45) is 1.69. The lowest BCUT2D eigenvalue weighted by Crippen LogP contribution is -2.29. The van der Waals surface area contributed by atoms with Crippen molar-refractivity contribution in [3.63, 3.8) is 0 Å². The Hall–Kier alpha value is -3.08. The van der Waals surface area contributed by atoms with E-state index in [1.165, 1.54) is 17.0 Å². The molecule has 1 amide bonds. The normalized spacial score (nSPS) is 16.1. The van der Waals surface area contributed by atoms with Gasteiger partial charge in [-0.05, 0) is 72.3 Å². The quantitative estimate of drug-likeness (QED) is 0.314. The number of rotatable bonds is 8. The van der Waals surface area contributed by atoms with Crippen LogP contribution in [0.1, 0.15) is 18.1 Å². The van der Waals surface area contributed by atoms with Gasteiger partial charge in [0.25, 0.3) is 15.9 Å². The number of carbonyl (C=O) groups is 1. The van der Waals surface area contributed by atoms with Crippen LogP contribution in [0.15, 0.2) is 91.5 Å². The van der Waals surface area contributed by atoms with Crippen LogP contribution in [0, 0.1) is 0 Å². The van der Waals surface area contributed by atoms with E-state index >= 15 is 0 Å². The molecule has 1 fully saturated rings. The highest BCUT2D eigenvalue weighted by Gasteiger charge is 2.34. The zero-order chi connectivity index (χ0) is 25.7. The van der Waals surface area contributed by atoms with Crippen molar-refractivity contribution in [3.05, 3.63) is 93.3 Å². The minimum Gasteiger partial charge on any atom is -0.493 e. The Morgan fingerprint density at radius 3 is 2.42 bits per heavy atom. The number of amidine groups is 1.